The molecule has 2 N–H and O–H groups in total. The highest BCUT2D eigenvalue weighted by Crippen LogP contribution is 2.40. The van der Waals surface area contributed by atoms with Crippen LogP contribution in [0, 0.1) is 15.9 Å². The predicted octanol–water partition coefficient (Wildman–Crippen LogP) is 4.89. The van der Waals surface area contributed by atoms with Crippen molar-refractivity contribution >= 4 is 29.2 Å². The number of H-pyrrole nitrogens is 1. The minimum absolute atomic E-state index is 0.119. The second-order valence-corrected chi connectivity index (χ2v) is 9.38. The fourth-order valence-electron chi connectivity index (χ4n) is 3.93. The zero-order chi connectivity index (χ0) is 26.0. The molecule has 0 radical (unpaired) electrons. The maximum atomic E-state index is 14.0. The van der Waals surface area contributed by atoms with Gasteiger partial charge in [0.25, 0.3) is 11.2 Å². The van der Waals surface area contributed by atoms with Crippen LogP contribution in [0.15, 0.2) is 69.8 Å². The molecule has 0 spiro atoms. The average Bonchev–Trinajstić information content (AvgIpc) is 2.82. The molecule has 1 atom stereocenters. The van der Waals surface area contributed by atoms with Crippen LogP contribution < -0.4 is 10.9 Å². The Morgan fingerprint density at radius 3 is 2.56 bits per heavy atom. The number of fused-ring (bicyclic) bond motifs is 1. The first-order chi connectivity index (χ1) is 17.2. The highest BCUT2D eigenvalue weighted by Gasteiger charge is 2.37. The van der Waals surface area contributed by atoms with Crippen molar-refractivity contribution in [2.45, 2.75) is 43.7 Å². The standard InChI is InChI=1S/C25H23FN4O5S/c1-13(2)35-24(32)19-14(3)27-22-21(20(19)15-8-10-17(11-9-15)30(33)34)23(31)29-25(28-22)36-12-16-6-4-5-7-18(16)26/h4-11,13,20H,12H2,1-3H3,(H2,27,28,29,31)/t20-/m1/s1. The molecule has 0 saturated carbocycles. The van der Waals surface area contributed by atoms with Gasteiger partial charge in [-0.15, -0.1) is 0 Å². The number of nitrogens with zero attached hydrogens (tertiary/aromatic N) is 2. The molecule has 2 aromatic carbocycles. The summed E-state index contributed by atoms with van der Waals surface area (Å²) in [4.78, 5) is 44.2. The number of thioether (sulfide) groups is 1. The van der Waals surface area contributed by atoms with Crippen molar-refractivity contribution in [3.63, 3.8) is 0 Å². The summed E-state index contributed by atoms with van der Waals surface area (Å²) >= 11 is 1.16. The molecule has 3 aromatic rings. The second-order valence-electron chi connectivity index (χ2n) is 8.41. The van der Waals surface area contributed by atoms with E-state index in [4.69, 9.17) is 4.74 Å². The molecule has 11 heteroatoms. The summed E-state index contributed by atoms with van der Waals surface area (Å²) in [6.45, 7) is 5.10. The van der Waals surface area contributed by atoms with Gasteiger partial charge >= 0.3 is 5.97 Å². The van der Waals surface area contributed by atoms with E-state index in [1.165, 1.54) is 30.3 Å². The first-order valence-electron chi connectivity index (χ1n) is 11.1. The van der Waals surface area contributed by atoms with Gasteiger partial charge in [0.2, 0.25) is 0 Å². The van der Waals surface area contributed by atoms with Gasteiger partial charge in [-0.25, -0.2) is 14.2 Å². The Hall–Kier alpha value is -3.99. The number of carbonyl (C=O) groups is 1. The third kappa shape index (κ3) is 5.15. The number of nitro groups is 1. The van der Waals surface area contributed by atoms with Crippen LogP contribution in [0.25, 0.3) is 0 Å². The van der Waals surface area contributed by atoms with Gasteiger partial charge in [-0.1, -0.05) is 42.1 Å². The minimum Gasteiger partial charge on any atom is -0.460 e. The molecule has 36 heavy (non-hydrogen) atoms. The lowest BCUT2D eigenvalue weighted by atomic mass is 9.82. The van der Waals surface area contributed by atoms with Gasteiger partial charge in [0.1, 0.15) is 11.6 Å². The first-order valence-corrected chi connectivity index (χ1v) is 12.1. The molecule has 186 valence electrons. The number of non-ortho nitro benzene ring substituents is 1. The van der Waals surface area contributed by atoms with Crippen molar-refractivity contribution in [3.05, 3.63) is 103 Å². The molecule has 1 aliphatic rings. The number of benzene rings is 2. The van der Waals surface area contributed by atoms with Crippen LogP contribution in [0.4, 0.5) is 15.9 Å². The summed E-state index contributed by atoms with van der Waals surface area (Å²) in [5, 5.41) is 14.4. The average molecular weight is 511 g/mol. The highest BCUT2D eigenvalue weighted by atomic mass is 32.2. The summed E-state index contributed by atoms with van der Waals surface area (Å²) < 4.78 is 19.4. The number of aromatic nitrogens is 2. The van der Waals surface area contributed by atoms with E-state index in [1.807, 2.05) is 0 Å². The number of carbonyl (C=O) groups excluding carboxylic acids is 1. The molecule has 0 aliphatic carbocycles. The third-order valence-corrected chi connectivity index (χ3v) is 6.47. The molecule has 9 nitrogen and oxygen atoms in total. The number of hydrogen-bond acceptors (Lipinski definition) is 8. The van der Waals surface area contributed by atoms with Crippen LogP contribution in [-0.4, -0.2) is 27.0 Å². The summed E-state index contributed by atoms with van der Waals surface area (Å²) in [6, 6.07) is 12.0. The van der Waals surface area contributed by atoms with Gasteiger partial charge in [0.15, 0.2) is 5.16 Å². The molecular weight excluding hydrogens is 487 g/mol. The Bertz CT molecular complexity index is 1420. The van der Waals surface area contributed by atoms with Gasteiger partial charge in [0, 0.05) is 23.6 Å². The molecule has 4 rings (SSSR count). The van der Waals surface area contributed by atoms with Crippen molar-refractivity contribution in [1.29, 1.82) is 0 Å². The molecule has 0 fully saturated rings. The maximum Gasteiger partial charge on any atom is 0.337 e. The molecule has 0 bridgehead atoms. The normalized spacial score (nSPS) is 14.9. The second kappa shape index (κ2) is 10.3. The number of allylic oxidation sites excluding steroid dienone is 1. The van der Waals surface area contributed by atoms with E-state index in [1.54, 1.807) is 39.0 Å². The van der Waals surface area contributed by atoms with E-state index in [0.29, 0.717) is 16.8 Å². The summed E-state index contributed by atoms with van der Waals surface area (Å²) in [5.41, 5.74) is 1.19. The molecule has 1 aromatic heterocycles. The van der Waals surface area contributed by atoms with Gasteiger partial charge in [-0.2, -0.15) is 0 Å². The topological polar surface area (TPSA) is 127 Å². The summed E-state index contributed by atoms with van der Waals surface area (Å²) in [6.07, 6.45) is -0.398. The number of aromatic amines is 1. The molecule has 1 aliphatic heterocycles. The van der Waals surface area contributed by atoms with Crippen LogP contribution in [0.5, 0.6) is 0 Å². The molecule has 2 heterocycles. The number of rotatable bonds is 7. The Morgan fingerprint density at radius 2 is 1.92 bits per heavy atom. The monoisotopic (exact) mass is 510 g/mol. The quantitative estimate of drug-likeness (QED) is 0.151. The van der Waals surface area contributed by atoms with E-state index >= 15 is 0 Å². The Labute approximate surface area is 210 Å². The summed E-state index contributed by atoms with van der Waals surface area (Å²) in [5.74, 6) is -1.33. The number of nitro benzene ring substituents is 1. The smallest absolute Gasteiger partial charge is 0.337 e. The first kappa shape index (κ1) is 25.1. The SMILES string of the molecule is CC1=C(C(=O)OC(C)C)[C@@H](c2ccc([N+](=O)[O-])cc2)c2c(nc(SCc3ccccc3F)[nH]c2=O)N1. The largest absolute Gasteiger partial charge is 0.460 e. The fourth-order valence-corrected chi connectivity index (χ4v) is 4.78. The molecule has 0 amide bonds. The molecule has 0 saturated heterocycles. The Kier molecular flexibility index (Phi) is 7.20. The maximum absolute atomic E-state index is 14.0. The van der Waals surface area contributed by atoms with E-state index < -0.39 is 28.5 Å². The van der Waals surface area contributed by atoms with Crippen LogP contribution in [-0.2, 0) is 15.3 Å². The van der Waals surface area contributed by atoms with Crippen LogP contribution in [0.2, 0.25) is 0 Å². The number of ether oxygens (including phenoxy) is 1. The lowest BCUT2D eigenvalue weighted by molar-refractivity contribution is -0.384. The fraction of sp³-hybridized carbons (Fsp3) is 0.240. The lowest BCUT2D eigenvalue weighted by Gasteiger charge is -2.29. The minimum atomic E-state index is -0.866. The zero-order valence-electron chi connectivity index (χ0n) is 19.7. The number of nitrogens with one attached hydrogen (secondary N) is 2. The Morgan fingerprint density at radius 1 is 1.22 bits per heavy atom. The third-order valence-electron chi connectivity index (χ3n) is 5.54. The zero-order valence-corrected chi connectivity index (χ0v) is 20.5. The van der Waals surface area contributed by atoms with Gasteiger partial charge < -0.3 is 15.0 Å². The number of esters is 1. The number of hydrogen-bond donors (Lipinski definition) is 2. The van der Waals surface area contributed by atoms with Crippen molar-refractivity contribution in [3.8, 4) is 0 Å². The molecular formula is C25H23FN4O5S. The number of halogens is 1. The highest BCUT2D eigenvalue weighted by molar-refractivity contribution is 7.98. The van der Waals surface area contributed by atoms with Crippen molar-refractivity contribution < 1.29 is 18.8 Å². The lowest BCUT2D eigenvalue weighted by Crippen LogP contribution is -2.31. The van der Waals surface area contributed by atoms with Crippen molar-refractivity contribution in [2.24, 2.45) is 0 Å². The Balaban J connectivity index is 1.77. The van der Waals surface area contributed by atoms with Crippen LogP contribution in [0.3, 0.4) is 0 Å². The molecule has 0 unspecified atom stereocenters. The van der Waals surface area contributed by atoms with Gasteiger partial charge in [-0.05, 0) is 38.0 Å². The van der Waals surface area contributed by atoms with Crippen LogP contribution in [0.1, 0.15) is 43.4 Å². The summed E-state index contributed by atoms with van der Waals surface area (Å²) in [7, 11) is 0. The number of anilines is 1. The van der Waals surface area contributed by atoms with Crippen molar-refractivity contribution in [1.82, 2.24) is 9.97 Å². The van der Waals surface area contributed by atoms with Crippen molar-refractivity contribution in [2.75, 3.05) is 5.32 Å². The predicted molar refractivity (Wildman–Crippen MR) is 133 cm³/mol. The van der Waals surface area contributed by atoms with E-state index in [-0.39, 0.29) is 39.4 Å². The van der Waals surface area contributed by atoms with Crippen LogP contribution >= 0.6 is 11.8 Å². The van der Waals surface area contributed by atoms with Gasteiger partial charge in [-0.3, -0.25) is 14.9 Å². The van der Waals surface area contributed by atoms with E-state index in [2.05, 4.69) is 15.3 Å². The van der Waals surface area contributed by atoms with E-state index in [0.717, 1.165) is 11.8 Å². The van der Waals surface area contributed by atoms with Gasteiger partial charge in [0.05, 0.1) is 28.1 Å². The van der Waals surface area contributed by atoms with E-state index in [9.17, 15) is 24.1 Å².